The Labute approximate surface area is 121 Å². The Bertz CT molecular complexity index is 441. The van der Waals surface area contributed by atoms with Gasteiger partial charge >= 0.3 is 0 Å². The molecule has 3 N–H and O–H groups in total. The van der Waals surface area contributed by atoms with Gasteiger partial charge in [-0.15, -0.1) is 0 Å². The number of nitrogens with two attached hydrogens (primary N) is 1. The molecule has 1 amide bonds. The fraction of sp³-hybridized carbons (Fsp3) is 0.562. The van der Waals surface area contributed by atoms with Crippen LogP contribution in [0.5, 0.6) is 0 Å². The number of carbonyl (C=O) groups excluding carboxylic acids is 1. The third-order valence-corrected chi connectivity index (χ3v) is 3.81. The molecule has 1 fully saturated rings. The molecular formula is C16H25N3O. The Morgan fingerprint density at radius 1 is 1.35 bits per heavy atom. The lowest BCUT2D eigenvalue weighted by Gasteiger charge is -2.18. The normalized spacial score (nSPS) is 15.8. The number of nitrogens with one attached hydrogen (secondary N) is 1. The average Bonchev–Trinajstić information content (AvgIpc) is 2.91. The maximum absolute atomic E-state index is 11.9. The van der Waals surface area contributed by atoms with Crippen LogP contribution < -0.4 is 11.1 Å². The molecule has 4 nitrogen and oxygen atoms in total. The van der Waals surface area contributed by atoms with Crippen molar-refractivity contribution in [1.82, 2.24) is 10.2 Å². The zero-order valence-electron chi connectivity index (χ0n) is 12.3. The molecule has 0 aliphatic heterocycles. The van der Waals surface area contributed by atoms with Gasteiger partial charge in [0.1, 0.15) is 0 Å². The van der Waals surface area contributed by atoms with E-state index in [4.69, 9.17) is 5.73 Å². The van der Waals surface area contributed by atoms with Crippen molar-refractivity contribution in [3.63, 3.8) is 0 Å². The van der Waals surface area contributed by atoms with Gasteiger partial charge in [-0.3, -0.25) is 9.69 Å². The molecule has 0 spiro atoms. The summed E-state index contributed by atoms with van der Waals surface area (Å²) >= 11 is 0. The maximum atomic E-state index is 11.9. The Morgan fingerprint density at radius 3 is 2.75 bits per heavy atom. The van der Waals surface area contributed by atoms with E-state index in [0.29, 0.717) is 19.1 Å². The lowest BCUT2D eigenvalue weighted by molar-refractivity contribution is -0.122. The van der Waals surface area contributed by atoms with Gasteiger partial charge < -0.3 is 11.1 Å². The van der Waals surface area contributed by atoms with Crippen LogP contribution in [-0.2, 0) is 17.9 Å². The van der Waals surface area contributed by atoms with Gasteiger partial charge in [0.25, 0.3) is 0 Å². The second kappa shape index (κ2) is 7.41. The molecule has 2 rings (SSSR count). The van der Waals surface area contributed by atoms with Gasteiger partial charge in [-0.05, 0) is 31.0 Å². The smallest absolute Gasteiger partial charge is 0.234 e. The molecule has 110 valence electrons. The van der Waals surface area contributed by atoms with E-state index in [1.165, 1.54) is 18.4 Å². The predicted molar refractivity (Wildman–Crippen MR) is 81.1 cm³/mol. The number of hydrogen-bond donors (Lipinski definition) is 2. The number of carbonyl (C=O) groups is 1. The van der Waals surface area contributed by atoms with Crippen LogP contribution in [-0.4, -0.2) is 30.4 Å². The summed E-state index contributed by atoms with van der Waals surface area (Å²) < 4.78 is 0. The molecule has 1 saturated carbocycles. The first-order valence-electron chi connectivity index (χ1n) is 7.43. The Balaban J connectivity index is 1.78. The quantitative estimate of drug-likeness (QED) is 0.829. The first-order valence-corrected chi connectivity index (χ1v) is 7.43. The fourth-order valence-corrected chi connectivity index (χ4v) is 2.81. The summed E-state index contributed by atoms with van der Waals surface area (Å²) in [6.07, 6.45) is 4.75. The molecule has 1 aliphatic rings. The molecule has 0 heterocycles. The largest absolute Gasteiger partial charge is 0.352 e. The third-order valence-electron chi connectivity index (χ3n) is 3.81. The van der Waals surface area contributed by atoms with Crippen molar-refractivity contribution in [2.75, 3.05) is 13.6 Å². The van der Waals surface area contributed by atoms with E-state index >= 15 is 0 Å². The summed E-state index contributed by atoms with van der Waals surface area (Å²) in [5.74, 6) is 0.134. The highest BCUT2D eigenvalue weighted by Crippen LogP contribution is 2.17. The molecule has 0 aromatic heterocycles. The lowest BCUT2D eigenvalue weighted by atomic mass is 10.1. The van der Waals surface area contributed by atoms with E-state index in [1.807, 2.05) is 24.1 Å². The van der Waals surface area contributed by atoms with Crippen LogP contribution in [0.3, 0.4) is 0 Å². The number of likely N-dealkylation sites (N-methyl/N-ethyl adjacent to an activating group) is 1. The molecule has 4 heteroatoms. The van der Waals surface area contributed by atoms with Gasteiger partial charge in [0.05, 0.1) is 6.54 Å². The van der Waals surface area contributed by atoms with Crippen LogP contribution in [0.2, 0.25) is 0 Å². The van der Waals surface area contributed by atoms with E-state index in [2.05, 4.69) is 17.4 Å². The number of amides is 1. The van der Waals surface area contributed by atoms with Crippen LogP contribution in [0.1, 0.15) is 36.8 Å². The molecule has 0 atom stereocenters. The molecule has 1 aromatic rings. The van der Waals surface area contributed by atoms with Crippen molar-refractivity contribution in [3.05, 3.63) is 35.4 Å². The molecule has 20 heavy (non-hydrogen) atoms. The number of nitrogens with zero attached hydrogens (tertiary/aromatic N) is 1. The van der Waals surface area contributed by atoms with Crippen molar-refractivity contribution in [2.24, 2.45) is 5.73 Å². The van der Waals surface area contributed by atoms with Crippen LogP contribution in [0.15, 0.2) is 24.3 Å². The topological polar surface area (TPSA) is 58.4 Å². The van der Waals surface area contributed by atoms with Gasteiger partial charge in [-0.1, -0.05) is 37.1 Å². The van der Waals surface area contributed by atoms with Gasteiger partial charge in [0, 0.05) is 19.1 Å². The van der Waals surface area contributed by atoms with Crippen LogP contribution >= 0.6 is 0 Å². The fourth-order valence-electron chi connectivity index (χ4n) is 2.81. The number of rotatable bonds is 6. The van der Waals surface area contributed by atoms with Gasteiger partial charge in [-0.2, -0.15) is 0 Å². The SMILES string of the molecule is CN(CC(=O)NC1CCCC1)Cc1cccc(CN)c1. The molecule has 0 radical (unpaired) electrons. The van der Waals surface area contributed by atoms with Crippen LogP contribution in [0.25, 0.3) is 0 Å². The highest BCUT2D eigenvalue weighted by atomic mass is 16.2. The zero-order chi connectivity index (χ0) is 14.4. The Hall–Kier alpha value is -1.39. The van der Waals surface area contributed by atoms with Crippen molar-refractivity contribution in [1.29, 1.82) is 0 Å². The van der Waals surface area contributed by atoms with Gasteiger partial charge in [0.15, 0.2) is 0 Å². The highest BCUT2D eigenvalue weighted by molar-refractivity contribution is 5.78. The Morgan fingerprint density at radius 2 is 2.05 bits per heavy atom. The second-order valence-electron chi connectivity index (χ2n) is 5.75. The average molecular weight is 275 g/mol. The molecular weight excluding hydrogens is 250 g/mol. The van der Waals surface area contributed by atoms with E-state index in [0.717, 1.165) is 24.9 Å². The van der Waals surface area contributed by atoms with E-state index < -0.39 is 0 Å². The molecule has 0 saturated heterocycles. The van der Waals surface area contributed by atoms with E-state index in [9.17, 15) is 4.79 Å². The zero-order valence-corrected chi connectivity index (χ0v) is 12.3. The summed E-state index contributed by atoms with van der Waals surface area (Å²) in [5, 5.41) is 3.12. The maximum Gasteiger partial charge on any atom is 0.234 e. The van der Waals surface area contributed by atoms with E-state index in [-0.39, 0.29) is 5.91 Å². The summed E-state index contributed by atoms with van der Waals surface area (Å²) in [4.78, 5) is 14.0. The van der Waals surface area contributed by atoms with Crippen molar-refractivity contribution in [2.45, 2.75) is 44.8 Å². The summed E-state index contributed by atoms with van der Waals surface area (Å²) in [7, 11) is 1.98. The van der Waals surface area contributed by atoms with Crippen LogP contribution in [0, 0.1) is 0 Å². The third kappa shape index (κ3) is 4.62. The number of hydrogen-bond acceptors (Lipinski definition) is 3. The second-order valence-corrected chi connectivity index (χ2v) is 5.75. The van der Waals surface area contributed by atoms with Crippen molar-refractivity contribution in [3.8, 4) is 0 Å². The summed E-state index contributed by atoms with van der Waals surface area (Å²) in [5.41, 5.74) is 7.97. The van der Waals surface area contributed by atoms with Gasteiger partial charge in [0.2, 0.25) is 5.91 Å². The minimum atomic E-state index is 0.134. The first kappa shape index (κ1) is 15.0. The molecule has 1 aromatic carbocycles. The van der Waals surface area contributed by atoms with Crippen LogP contribution in [0.4, 0.5) is 0 Å². The molecule has 0 bridgehead atoms. The minimum absolute atomic E-state index is 0.134. The highest BCUT2D eigenvalue weighted by Gasteiger charge is 2.17. The number of benzene rings is 1. The first-order chi connectivity index (χ1) is 9.67. The standard InChI is InChI=1S/C16H25N3O/c1-19(11-14-6-4-5-13(9-14)10-17)12-16(20)18-15-7-2-3-8-15/h4-6,9,15H,2-3,7-8,10-12,17H2,1H3,(H,18,20). The van der Waals surface area contributed by atoms with E-state index in [1.54, 1.807) is 0 Å². The lowest BCUT2D eigenvalue weighted by Crippen LogP contribution is -2.39. The molecule has 1 aliphatic carbocycles. The monoisotopic (exact) mass is 275 g/mol. The molecule has 0 unspecified atom stereocenters. The predicted octanol–water partition coefficient (Wildman–Crippen LogP) is 1.64. The van der Waals surface area contributed by atoms with Crippen molar-refractivity contribution >= 4 is 5.91 Å². The Kier molecular flexibility index (Phi) is 5.56. The van der Waals surface area contributed by atoms with Crippen molar-refractivity contribution < 1.29 is 4.79 Å². The minimum Gasteiger partial charge on any atom is -0.352 e. The summed E-state index contributed by atoms with van der Waals surface area (Å²) in [6, 6.07) is 8.62. The summed E-state index contributed by atoms with van der Waals surface area (Å²) in [6.45, 7) is 1.77. The van der Waals surface area contributed by atoms with Gasteiger partial charge in [-0.25, -0.2) is 0 Å².